The van der Waals surface area contributed by atoms with Gasteiger partial charge in [0.15, 0.2) is 0 Å². The lowest BCUT2D eigenvalue weighted by atomic mass is 10.1. The van der Waals surface area contributed by atoms with Crippen molar-refractivity contribution in [3.05, 3.63) is 27.7 Å². The number of rotatable bonds is 8. The molecule has 1 unspecified atom stereocenters. The third-order valence-electron chi connectivity index (χ3n) is 3.64. The summed E-state index contributed by atoms with van der Waals surface area (Å²) in [4.78, 5) is 12.4. The van der Waals surface area contributed by atoms with Gasteiger partial charge < -0.3 is 5.32 Å². The van der Waals surface area contributed by atoms with E-state index < -0.39 is 0 Å². The van der Waals surface area contributed by atoms with Gasteiger partial charge in [-0.1, -0.05) is 34.1 Å². The van der Waals surface area contributed by atoms with E-state index in [1.165, 1.54) is 0 Å². The third-order valence-corrected chi connectivity index (χ3v) is 3.64. The molecule has 0 amide bonds. The lowest BCUT2D eigenvalue weighted by Gasteiger charge is -2.15. The first-order valence-electron chi connectivity index (χ1n) is 7.83. The molecule has 1 atom stereocenters. The number of nitrogens with one attached hydrogen (secondary N) is 1. The van der Waals surface area contributed by atoms with Crippen molar-refractivity contribution in [3.63, 3.8) is 0 Å². The van der Waals surface area contributed by atoms with Crippen LogP contribution in [0.4, 0.5) is 0 Å². The molecule has 1 N–H and O–H groups in total. The van der Waals surface area contributed by atoms with Crippen LogP contribution in [-0.4, -0.2) is 15.8 Å². The molecule has 0 aliphatic carbocycles. The van der Waals surface area contributed by atoms with Crippen molar-refractivity contribution < 1.29 is 0 Å². The summed E-state index contributed by atoms with van der Waals surface area (Å²) in [6.45, 7) is 12.0. The second kappa shape index (κ2) is 8.20. The molecule has 0 bridgehead atoms. The van der Waals surface area contributed by atoms with Gasteiger partial charge in [-0.05, 0) is 31.7 Å². The molecule has 0 aromatic carbocycles. The summed E-state index contributed by atoms with van der Waals surface area (Å²) in [6.07, 6.45) is 3.12. The summed E-state index contributed by atoms with van der Waals surface area (Å²) in [7, 11) is 0. The molecule has 0 saturated carbocycles. The Hall–Kier alpha value is -1.16. The number of aromatic nitrogens is 2. The first-order chi connectivity index (χ1) is 9.49. The van der Waals surface area contributed by atoms with Gasteiger partial charge in [0.05, 0.1) is 5.69 Å². The molecule has 0 spiro atoms. The Kier molecular flexibility index (Phi) is 6.93. The minimum absolute atomic E-state index is 0.0543. The van der Waals surface area contributed by atoms with Crippen molar-refractivity contribution in [1.82, 2.24) is 15.1 Å². The average molecular weight is 279 g/mol. The highest BCUT2D eigenvalue weighted by atomic mass is 16.1. The monoisotopic (exact) mass is 279 g/mol. The van der Waals surface area contributed by atoms with E-state index in [4.69, 9.17) is 0 Å². The van der Waals surface area contributed by atoms with Gasteiger partial charge in [-0.2, -0.15) is 5.10 Å². The lowest BCUT2D eigenvalue weighted by Crippen LogP contribution is -2.33. The predicted octanol–water partition coefficient (Wildman–Crippen LogP) is 3.05. The van der Waals surface area contributed by atoms with Crippen LogP contribution in [-0.2, 0) is 13.1 Å². The standard InChI is InChI=1S/C16H29N3O/c1-6-8-9-19-16(20)14(11-17-13(5)7-2)10-15(18-19)12(3)4/h10,12-13,17H,6-9,11H2,1-5H3. The summed E-state index contributed by atoms with van der Waals surface area (Å²) >= 11 is 0. The van der Waals surface area contributed by atoms with E-state index in [0.717, 1.165) is 30.5 Å². The Balaban J connectivity index is 3.01. The molecule has 0 aliphatic heterocycles. The van der Waals surface area contributed by atoms with E-state index in [1.807, 2.05) is 6.07 Å². The molecule has 20 heavy (non-hydrogen) atoms. The van der Waals surface area contributed by atoms with Gasteiger partial charge in [0.1, 0.15) is 0 Å². The van der Waals surface area contributed by atoms with Crippen LogP contribution in [0.25, 0.3) is 0 Å². The van der Waals surface area contributed by atoms with Crippen LogP contribution in [0.15, 0.2) is 10.9 Å². The molecule has 0 aliphatic rings. The lowest BCUT2D eigenvalue weighted by molar-refractivity contribution is 0.501. The first-order valence-corrected chi connectivity index (χ1v) is 7.83. The SMILES string of the molecule is CCCCn1nc(C(C)C)cc(CNC(C)CC)c1=O. The van der Waals surface area contributed by atoms with E-state index in [2.05, 4.69) is 45.0 Å². The molecule has 4 heteroatoms. The zero-order chi connectivity index (χ0) is 15.1. The van der Waals surface area contributed by atoms with Crippen molar-refractivity contribution in [3.8, 4) is 0 Å². The van der Waals surface area contributed by atoms with Crippen molar-refractivity contribution in [2.45, 2.75) is 78.9 Å². The fourth-order valence-corrected chi connectivity index (χ4v) is 1.92. The molecule has 0 fully saturated rings. The van der Waals surface area contributed by atoms with E-state index in [-0.39, 0.29) is 5.56 Å². The number of hydrogen-bond donors (Lipinski definition) is 1. The van der Waals surface area contributed by atoms with E-state index in [1.54, 1.807) is 4.68 Å². The zero-order valence-electron chi connectivity index (χ0n) is 13.6. The van der Waals surface area contributed by atoms with Crippen molar-refractivity contribution in [2.24, 2.45) is 0 Å². The van der Waals surface area contributed by atoms with Gasteiger partial charge in [0.25, 0.3) is 5.56 Å². The summed E-state index contributed by atoms with van der Waals surface area (Å²) in [5.41, 5.74) is 1.89. The molecule has 1 rings (SSSR count). The van der Waals surface area contributed by atoms with Crippen molar-refractivity contribution >= 4 is 0 Å². The molecule has 1 aromatic rings. The van der Waals surface area contributed by atoms with Crippen LogP contribution >= 0.6 is 0 Å². The van der Waals surface area contributed by atoms with Gasteiger partial charge in [-0.15, -0.1) is 0 Å². The smallest absolute Gasteiger partial charge is 0.271 e. The van der Waals surface area contributed by atoms with Crippen molar-refractivity contribution in [1.29, 1.82) is 0 Å². The van der Waals surface area contributed by atoms with E-state index >= 15 is 0 Å². The van der Waals surface area contributed by atoms with Gasteiger partial charge in [0.2, 0.25) is 0 Å². The Morgan fingerprint density at radius 3 is 2.55 bits per heavy atom. The molecule has 1 heterocycles. The van der Waals surface area contributed by atoms with Crippen molar-refractivity contribution in [2.75, 3.05) is 0 Å². The Labute approximate surface area is 122 Å². The maximum atomic E-state index is 12.4. The van der Waals surface area contributed by atoms with Crippen LogP contribution in [0.3, 0.4) is 0 Å². The van der Waals surface area contributed by atoms with Crippen LogP contribution < -0.4 is 10.9 Å². The van der Waals surface area contributed by atoms with Gasteiger partial charge in [-0.25, -0.2) is 4.68 Å². The minimum Gasteiger partial charge on any atom is -0.310 e. The summed E-state index contributed by atoms with van der Waals surface area (Å²) in [6, 6.07) is 2.39. The third kappa shape index (κ3) is 4.75. The maximum Gasteiger partial charge on any atom is 0.271 e. The molecule has 4 nitrogen and oxygen atoms in total. The quantitative estimate of drug-likeness (QED) is 0.795. The maximum absolute atomic E-state index is 12.4. The molecule has 0 saturated heterocycles. The number of aryl methyl sites for hydroxylation is 1. The predicted molar refractivity (Wildman–Crippen MR) is 84.1 cm³/mol. The average Bonchev–Trinajstić information content (AvgIpc) is 2.44. The van der Waals surface area contributed by atoms with Crippen LogP contribution in [0, 0.1) is 0 Å². The summed E-state index contributed by atoms with van der Waals surface area (Å²) < 4.78 is 1.65. The second-order valence-electron chi connectivity index (χ2n) is 5.82. The Morgan fingerprint density at radius 1 is 1.30 bits per heavy atom. The normalized spacial score (nSPS) is 12.9. The first kappa shape index (κ1) is 16.9. The number of hydrogen-bond acceptors (Lipinski definition) is 3. The van der Waals surface area contributed by atoms with Crippen LogP contribution in [0.2, 0.25) is 0 Å². The molecular weight excluding hydrogens is 250 g/mol. The van der Waals surface area contributed by atoms with E-state index in [9.17, 15) is 4.79 Å². The van der Waals surface area contributed by atoms with Crippen LogP contribution in [0.5, 0.6) is 0 Å². The highest BCUT2D eigenvalue weighted by Crippen LogP contribution is 2.11. The van der Waals surface area contributed by atoms with Crippen LogP contribution in [0.1, 0.15) is 71.1 Å². The molecule has 1 aromatic heterocycles. The molecule has 0 radical (unpaired) electrons. The number of nitrogens with zero attached hydrogens (tertiary/aromatic N) is 2. The fourth-order valence-electron chi connectivity index (χ4n) is 1.92. The summed E-state index contributed by atoms with van der Waals surface area (Å²) in [5, 5.41) is 7.89. The highest BCUT2D eigenvalue weighted by molar-refractivity contribution is 5.16. The van der Waals surface area contributed by atoms with Gasteiger partial charge >= 0.3 is 0 Å². The highest BCUT2D eigenvalue weighted by Gasteiger charge is 2.11. The Bertz CT molecular complexity index is 465. The number of unbranched alkanes of at least 4 members (excludes halogenated alkanes) is 1. The molecule has 114 valence electrons. The minimum atomic E-state index is 0.0543. The van der Waals surface area contributed by atoms with Gasteiger partial charge in [-0.3, -0.25) is 4.79 Å². The largest absolute Gasteiger partial charge is 0.310 e. The Morgan fingerprint density at radius 2 is 2.00 bits per heavy atom. The zero-order valence-corrected chi connectivity index (χ0v) is 13.6. The summed E-state index contributed by atoms with van der Waals surface area (Å²) in [5.74, 6) is 0.339. The molecular formula is C16H29N3O. The van der Waals surface area contributed by atoms with E-state index in [0.29, 0.717) is 25.0 Å². The topological polar surface area (TPSA) is 46.9 Å². The van der Waals surface area contributed by atoms with Gasteiger partial charge in [0, 0.05) is 24.7 Å². The second-order valence-corrected chi connectivity index (χ2v) is 5.82. The fraction of sp³-hybridized carbons (Fsp3) is 0.750.